The van der Waals surface area contributed by atoms with Gasteiger partial charge in [-0.05, 0) is 42.5 Å². The highest BCUT2D eigenvalue weighted by molar-refractivity contribution is 6.30. The van der Waals surface area contributed by atoms with Crippen LogP contribution in [0.5, 0.6) is 0 Å². The molecule has 2 aromatic rings. The van der Waals surface area contributed by atoms with Crippen LogP contribution in [0.3, 0.4) is 0 Å². The van der Waals surface area contributed by atoms with Gasteiger partial charge in [0.1, 0.15) is 5.82 Å². The minimum Gasteiger partial charge on any atom is -0.381 e. The van der Waals surface area contributed by atoms with Gasteiger partial charge in [0.05, 0.1) is 0 Å². The number of rotatable bonds is 4. The number of halogens is 2. The Morgan fingerprint density at radius 1 is 1.14 bits per heavy atom. The van der Waals surface area contributed by atoms with Crippen LogP contribution < -0.4 is 16.0 Å². The molecule has 0 spiro atoms. The second-order valence-corrected chi connectivity index (χ2v) is 4.81. The number of hydrogen-bond acceptors (Lipinski definition) is 2. The first-order valence-corrected chi connectivity index (χ1v) is 6.73. The van der Waals surface area contributed by atoms with Gasteiger partial charge in [-0.25, -0.2) is 9.18 Å². The second kappa shape index (κ2) is 6.95. The molecule has 0 saturated heterocycles. The summed E-state index contributed by atoms with van der Waals surface area (Å²) in [5, 5.41) is 8.72. The zero-order valence-corrected chi connectivity index (χ0v) is 12.2. The molecule has 4 nitrogen and oxygen atoms in total. The average Bonchev–Trinajstić information content (AvgIpc) is 2.49. The molecule has 3 N–H and O–H groups in total. The summed E-state index contributed by atoms with van der Waals surface area (Å²) in [6, 6.07) is 11.3. The lowest BCUT2D eigenvalue weighted by atomic mass is 10.2. The van der Waals surface area contributed by atoms with Gasteiger partial charge in [-0.15, -0.1) is 0 Å². The van der Waals surface area contributed by atoms with Crippen molar-refractivity contribution in [2.45, 2.75) is 6.54 Å². The monoisotopic (exact) mass is 307 g/mol. The van der Waals surface area contributed by atoms with Gasteiger partial charge in [-0.3, -0.25) is 0 Å². The topological polar surface area (TPSA) is 53.2 Å². The van der Waals surface area contributed by atoms with E-state index in [0.717, 1.165) is 5.69 Å². The van der Waals surface area contributed by atoms with Crippen LogP contribution in [-0.4, -0.2) is 13.1 Å². The van der Waals surface area contributed by atoms with E-state index in [9.17, 15) is 9.18 Å². The van der Waals surface area contributed by atoms with E-state index in [1.165, 1.54) is 12.1 Å². The Morgan fingerprint density at radius 3 is 2.48 bits per heavy atom. The maximum Gasteiger partial charge on any atom is 0.318 e. The molecule has 0 heterocycles. The molecule has 2 amide bonds. The lowest BCUT2D eigenvalue weighted by molar-refractivity contribution is 0.254. The van der Waals surface area contributed by atoms with Crippen molar-refractivity contribution in [3.05, 3.63) is 58.9 Å². The van der Waals surface area contributed by atoms with Crippen LogP contribution >= 0.6 is 11.6 Å². The molecule has 0 saturated carbocycles. The first kappa shape index (κ1) is 15.1. The van der Waals surface area contributed by atoms with Crippen LogP contribution in [0.4, 0.5) is 20.6 Å². The van der Waals surface area contributed by atoms with E-state index in [1.54, 1.807) is 37.4 Å². The number of carbonyl (C=O) groups is 1. The van der Waals surface area contributed by atoms with Gasteiger partial charge in [0.25, 0.3) is 0 Å². The first-order chi connectivity index (χ1) is 10.1. The second-order valence-electron chi connectivity index (χ2n) is 4.37. The maximum atomic E-state index is 13.6. The van der Waals surface area contributed by atoms with Crippen molar-refractivity contribution >= 4 is 29.0 Å². The van der Waals surface area contributed by atoms with Crippen LogP contribution in [0.2, 0.25) is 5.02 Å². The van der Waals surface area contributed by atoms with Gasteiger partial charge < -0.3 is 16.0 Å². The summed E-state index contributed by atoms with van der Waals surface area (Å²) in [7, 11) is 1.55. The number of amides is 2. The van der Waals surface area contributed by atoms with Crippen LogP contribution in [0.15, 0.2) is 42.5 Å². The van der Waals surface area contributed by atoms with Gasteiger partial charge in [0.15, 0.2) is 0 Å². The summed E-state index contributed by atoms with van der Waals surface area (Å²) >= 11 is 5.84. The minimum absolute atomic E-state index is 0.281. The lowest BCUT2D eigenvalue weighted by Gasteiger charge is -2.09. The van der Waals surface area contributed by atoms with Gasteiger partial charge >= 0.3 is 6.03 Å². The Kier molecular flexibility index (Phi) is 5.00. The summed E-state index contributed by atoms with van der Waals surface area (Å²) in [4.78, 5) is 11.2. The fraction of sp³-hybridized carbons (Fsp3) is 0.133. The van der Waals surface area contributed by atoms with Gasteiger partial charge in [0.2, 0.25) is 0 Å². The molecular formula is C15H15ClFN3O. The SMILES string of the molecule is CNC(=O)Nc1ccc(NCc2cc(Cl)ccc2F)cc1. The van der Waals surface area contributed by atoms with E-state index in [2.05, 4.69) is 16.0 Å². The van der Waals surface area contributed by atoms with Crippen LogP contribution in [0.25, 0.3) is 0 Å². The van der Waals surface area contributed by atoms with E-state index in [0.29, 0.717) is 22.8 Å². The Bertz CT molecular complexity index is 631. The summed E-state index contributed by atoms with van der Waals surface area (Å²) in [5.74, 6) is -0.301. The number of nitrogens with one attached hydrogen (secondary N) is 3. The maximum absolute atomic E-state index is 13.6. The van der Waals surface area contributed by atoms with Gasteiger partial charge in [0, 0.05) is 35.6 Å². The summed E-state index contributed by atoms with van der Waals surface area (Å²) in [6.45, 7) is 0.328. The normalized spacial score (nSPS) is 10.0. The molecule has 0 aliphatic heterocycles. The van der Waals surface area contributed by atoms with Crippen molar-refractivity contribution < 1.29 is 9.18 Å². The van der Waals surface area contributed by atoms with Crippen molar-refractivity contribution in [1.29, 1.82) is 0 Å². The smallest absolute Gasteiger partial charge is 0.318 e. The van der Waals surface area contributed by atoms with Crippen molar-refractivity contribution in [3.63, 3.8) is 0 Å². The van der Waals surface area contributed by atoms with E-state index >= 15 is 0 Å². The van der Waals surface area contributed by atoms with E-state index < -0.39 is 0 Å². The van der Waals surface area contributed by atoms with Crippen LogP contribution in [0, 0.1) is 5.82 Å². The first-order valence-electron chi connectivity index (χ1n) is 6.35. The van der Waals surface area contributed by atoms with Crippen molar-refractivity contribution in [1.82, 2.24) is 5.32 Å². The molecule has 21 heavy (non-hydrogen) atoms. The van der Waals surface area contributed by atoms with E-state index in [1.807, 2.05) is 0 Å². The van der Waals surface area contributed by atoms with Crippen molar-refractivity contribution in [2.24, 2.45) is 0 Å². The number of benzene rings is 2. The molecule has 110 valence electrons. The van der Waals surface area contributed by atoms with E-state index in [-0.39, 0.29) is 11.8 Å². The van der Waals surface area contributed by atoms with Gasteiger partial charge in [-0.1, -0.05) is 11.6 Å². The van der Waals surface area contributed by atoms with Crippen LogP contribution in [-0.2, 0) is 6.54 Å². The molecule has 0 atom stereocenters. The molecule has 2 aromatic carbocycles. The quantitative estimate of drug-likeness (QED) is 0.804. The third kappa shape index (κ3) is 4.36. The highest BCUT2D eigenvalue weighted by Crippen LogP contribution is 2.18. The molecule has 6 heteroatoms. The Balaban J connectivity index is 1.97. The molecule has 0 aliphatic rings. The predicted octanol–water partition coefficient (Wildman–Crippen LogP) is 3.84. The van der Waals surface area contributed by atoms with Crippen molar-refractivity contribution in [2.75, 3.05) is 17.7 Å². The van der Waals surface area contributed by atoms with Crippen LogP contribution in [0.1, 0.15) is 5.56 Å². The molecule has 0 fully saturated rings. The Hall–Kier alpha value is -2.27. The highest BCUT2D eigenvalue weighted by Gasteiger charge is 2.03. The molecule has 0 radical (unpaired) electrons. The molecule has 0 aliphatic carbocycles. The summed E-state index contributed by atoms with van der Waals surface area (Å²) in [6.07, 6.45) is 0. The average molecular weight is 308 g/mol. The van der Waals surface area contributed by atoms with Gasteiger partial charge in [-0.2, -0.15) is 0 Å². The highest BCUT2D eigenvalue weighted by atomic mass is 35.5. The Labute approximate surface area is 127 Å². The summed E-state index contributed by atoms with van der Waals surface area (Å²) < 4.78 is 13.6. The van der Waals surface area contributed by atoms with Crippen molar-refractivity contribution in [3.8, 4) is 0 Å². The molecule has 0 unspecified atom stereocenters. The zero-order valence-electron chi connectivity index (χ0n) is 11.4. The number of anilines is 2. The molecule has 2 rings (SSSR count). The fourth-order valence-corrected chi connectivity index (χ4v) is 1.94. The number of urea groups is 1. The number of carbonyl (C=O) groups excluding carboxylic acids is 1. The molecule has 0 bridgehead atoms. The third-order valence-electron chi connectivity index (χ3n) is 2.86. The van der Waals surface area contributed by atoms with E-state index in [4.69, 9.17) is 11.6 Å². The standard InChI is InChI=1S/C15H15ClFN3O/c1-18-15(21)20-13-5-3-12(4-6-13)19-9-10-8-11(16)2-7-14(10)17/h2-8,19H,9H2,1H3,(H2,18,20,21). The largest absolute Gasteiger partial charge is 0.381 e. The zero-order chi connectivity index (χ0) is 15.2. The fourth-order valence-electron chi connectivity index (χ4n) is 1.74. The minimum atomic E-state index is -0.301. The third-order valence-corrected chi connectivity index (χ3v) is 3.10. The predicted molar refractivity (Wildman–Crippen MR) is 83.3 cm³/mol. The summed E-state index contributed by atoms with van der Waals surface area (Å²) in [5.41, 5.74) is 1.99. The Morgan fingerprint density at radius 2 is 1.81 bits per heavy atom. The lowest BCUT2D eigenvalue weighted by Crippen LogP contribution is -2.24. The molecular weight excluding hydrogens is 293 g/mol. The number of hydrogen-bond donors (Lipinski definition) is 3. The molecule has 0 aromatic heterocycles.